The summed E-state index contributed by atoms with van der Waals surface area (Å²) in [6.45, 7) is 6.03. The maximum Gasteiger partial charge on any atom is 0.248 e. The van der Waals surface area contributed by atoms with Crippen LogP contribution < -0.4 is 10.6 Å². The van der Waals surface area contributed by atoms with Gasteiger partial charge in [-0.15, -0.1) is 11.6 Å². The number of hydrogen-bond donors (Lipinski definition) is 2. The SMILES string of the molecule is C[C@@H]1CC(Nc2ccc(Cl)cc2)(C(=O)N2CCC(CNC(=O)CCl)CC2)C[C@H](C)O1. The summed E-state index contributed by atoms with van der Waals surface area (Å²) in [5, 5.41) is 7.05. The zero-order chi connectivity index (χ0) is 21.7. The fourth-order valence-electron chi connectivity index (χ4n) is 4.65. The summed E-state index contributed by atoms with van der Waals surface area (Å²) < 4.78 is 5.93. The van der Waals surface area contributed by atoms with Crippen molar-refractivity contribution in [2.75, 3.05) is 30.8 Å². The number of nitrogens with one attached hydrogen (secondary N) is 2. The predicted octanol–water partition coefficient (Wildman–Crippen LogP) is 3.67. The summed E-state index contributed by atoms with van der Waals surface area (Å²) in [6, 6.07) is 7.48. The molecular formula is C22H31Cl2N3O3. The molecular weight excluding hydrogens is 425 g/mol. The third-order valence-corrected chi connectivity index (χ3v) is 6.48. The van der Waals surface area contributed by atoms with E-state index in [-0.39, 0.29) is 29.9 Å². The van der Waals surface area contributed by atoms with Gasteiger partial charge in [0.2, 0.25) is 11.8 Å². The smallest absolute Gasteiger partial charge is 0.248 e. The van der Waals surface area contributed by atoms with Gasteiger partial charge in [0, 0.05) is 43.2 Å². The summed E-state index contributed by atoms with van der Waals surface area (Å²) in [7, 11) is 0. The Morgan fingerprint density at radius 2 is 1.73 bits per heavy atom. The Bertz CT molecular complexity index is 726. The van der Waals surface area contributed by atoms with Crippen LogP contribution >= 0.6 is 23.2 Å². The first-order valence-electron chi connectivity index (χ1n) is 10.6. The Kier molecular flexibility index (Phi) is 7.88. The Morgan fingerprint density at radius 3 is 2.30 bits per heavy atom. The van der Waals surface area contributed by atoms with Gasteiger partial charge >= 0.3 is 0 Å². The van der Waals surface area contributed by atoms with E-state index < -0.39 is 5.54 Å². The topological polar surface area (TPSA) is 70.7 Å². The van der Waals surface area contributed by atoms with E-state index in [1.54, 1.807) is 0 Å². The molecule has 1 unspecified atom stereocenters. The summed E-state index contributed by atoms with van der Waals surface area (Å²) in [5.74, 6) is 0.331. The van der Waals surface area contributed by atoms with Crippen molar-refractivity contribution < 1.29 is 14.3 Å². The molecule has 0 bridgehead atoms. The van der Waals surface area contributed by atoms with E-state index in [9.17, 15) is 9.59 Å². The minimum absolute atomic E-state index is 0.0131. The van der Waals surface area contributed by atoms with Gasteiger partial charge in [-0.2, -0.15) is 0 Å². The molecule has 0 spiro atoms. The highest BCUT2D eigenvalue weighted by molar-refractivity contribution is 6.30. The molecule has 1 aromatic carbocycles. The number of ether oxygens (including phenoxy) is 1. The molecule has 2 heterocycles. The number of likely N-dealkylation sites (tertiary alicyclic amines) is 1. The zero-order valence-electron chi connectivity index (χ0n) is 17.6. The van der Waals surface area contributed by atoms with Crippen LogP contribution in [-0.4, -0.2) is 60.0 Å². The van der Waals surface area contributed by atoms with Crippen LogP contribution in [-0.2, 0) is 14.3 Å². The van der Waals surface area contributed by atoms with Crippen LogP contribution in [0.3, 0.4) is 0 Å². The van der Waals surface area contributed by atoms with Crippen molar-refractivity contribution in [2.24, 2.45) is 5.92 Å². The van der Waals surface area contributed by atoms with Gasteiger partial charge in [-0.05, 0) is 56.9 Å². The number of anilines is 1. The molecule has 3 rings (SSSR count). The Labute approximate surface area is 188 Å². The molecule has 2 saturated heterocycles. The Balaban J connectivity index is 1.70. The molecule has 0 aliphatic carbocycles. The van der Waals surface area contributed by atoms with Crippen molar-refractivity contribution in [2.45, 2.75) is 57.3 Å². The second-order valence-corrected chi connectivity index (χ2v) is 9.26. The van der Waals surface area contributed by atoms with Crippen LogP contribution in [0.15, 0.2) is 24.3 Å². The van der Waals surface area contributed by atoms with Crippen molar-refractivity contribution in [3.05, 3.63) is 29.3 Å². The van der Waals surface area contributed by atoms with Crippen molar-refractivity contribution in [1.82, 2.24) is 10.2 Å². The van der Waals surface area contributed by atoms with Crippen LogP contribution in [0.25, 0.3) is 0 Å². The van der Waals surface area contributed by atoms with E-state index in [4.69, 9.17) is 27.9 Å². The van der Waals surface area contributed by atoms with Gasteiger partial charge in [-0.3, -0.25) is 9.59 Å². The second-order valence-electron chi connectivity index (χ2n) is 8.55. The normalized spacial score (nSPS) is 27.5. The summed E-state index contributed by atoms with van der Waals surface area (Å²) in [6.07, 6.45) is 2.94. The summed E-state index contributed by atoms with van der Waals surface area (Å²) in [4.78, 5) is 27.1. The van der Waals surface area contributed by atoms with Gasteiger partial charge in [0.1, 0.15) is 11.4 Å². The van der Waals surface area contributed by atoms with Gasteiger partial charge in [-0.1, -0.05) is 11.6 Å². The van der Waals surface area contributed by atoms with Crippen LogP contribution in [0, 0.1) is 5.92 Å². The third-order valence-electron chi connectivity index (χ3n) is 5.98. The summed E-state index contributed by atoms with van der Waals surface area (Å²) in [5.41, 5.74) is 0.178. The first kappa shape index (κ1) is 23.2. The van der Waals surface area contributed by atoms with E-state index in [1.165, 1.54) is 0 Å². The van der Waals surface area contributed by atoms with E-state index in [0.717, 1.165) is 18.5 Å². The first-order valence-corrected chi connectivity index (χ1v) is 11.5. The maximum atomic E-state index is 13.8. The number of amides is 2. The van der Waals surface area contributed by atoms with Crippen LogP contribution in [0.4, 0.5) is 5.69 Å². The van der Waals surface area contributed by atoms with Gasteiger partial charge in [0.15, 0.2) is 0 Å². The average molecular weight is 456 g/mol. The first-order chi connectivity index (χ1) is 14.3. The number of halogens is 2. The minimum Gasteiger partial charge on any atom is -0.375 e. The fraction of sp³-hybridized carbons (Fsp3) is 0.636. The Morgan fingerprint density at radius 1 is 1.13 bits per heavy atom. The standard InChI is InChI=1S/C22H31Cl2N3O3/c1-15-11-22(12-16(2)30-15,26-19-5-3-18(24)4-6-19)21(29)27-9-7-17(8-10-27)14-25-20(28)13-23/h3-6,15-17,26H,7-14H2,1-2H3,(H,25,28)/t15-,16+,22?. The fourth-order valence-corrected chi connectivity index (χ4v) is 4.87. The zero-order valence-corrected chi connectivity index (χ0v) is 19.1. The average Bonchev–Trinajstić information content (AvgIpc) is 2.72. The molecule has 3 atom stereocenters. The number of benzene rings is 1. The molecule has 0 radical (unpaired) electrons. The predicted molar refractivity (Wildman–Crippen MR) is 120 cm³/mol. The monoisotopic (exact) mass is 455 g/mol. The van der Waals surface area contributed by atoms with Crippen molar-refractivity contribution in [1.29, 1.82) is 0 Å². The lowest BCUT2D eigenvalue weighted by Gasteiger charge is -2.46. The van der Waals surface area contributed by atoms with Gasteiger partial charge in [0.25, 0.3) is 0 Å². The van der Waals surface area contributed by atoms with Crippen LogP contribution in [0.5, 0.6) is 0 Å². The van der Waals surface area contributed by atoms with E-state index in [1.807, 2.05) is 43.0 Å². The number of carbonyl (C=O) groups excluding carboxylic acids is 2. The lowest BCUT2D eigenvalue weighted by atomic mass is 9.81. The lowest BCUT2D eigenvalue weighted by molar-refractivity contribution is -0.146. The molecule has 166 valence electrons. The molecule has 2 N–H and O–H groups in total. The van der Waals surface area contributed by atoms with E-state index in [2.05, 4.69) is 10.6 Å². The highest BCUT2D eigenvalue weighted by Crippen LogP contribution is 2.35. The molecule has 2 aliphatic heterocycles. The number of nitrogens with zero attached hydrogens (tertiary/aromatic N) is 1. The number of rotatable bonds is 6. The molecule has 2 fully saturated rings. The molecule has 1 aromatic rings. The largest absolute Gasteiger partial charge is 0.375 e. The summed E-state index contributed by atoms with van der Waals surface area (Å²) >= 11 is 11.6. The van der Waals surface area contributed by atoms with Crippen LogP contribution in [0.1, 0.15) is 39.5 Å². The number of hydrogen-bond acceptors (Lipinski definition) is 4. The maximum absolute atomic E-state index is 13.8. The highest BCUT2D eigenvalue weighted by atomic mass is 35.5. The molecule has 2 aliphatic rings. The van der Waals surface area contributed by atoms with Gasteiger partial charge in [-0.25, -0.2) is 0 Å². The van der Waals surface area contributed by atoms with Gasteiger partial charge < -0.3 is 20.3 Å². The van der Waals surface area contributed by atoms with Crippen molar-refractivity contribution >= 4 is 40.7 Å². The van der Waals surface area contributed by atoms with Crippen molar-refractivity contribution in [3.8, 4) is 0 Å². The number of piperidine rings is 1. The highest BCUT2D eigenvalue weighted by Gasteiger charge is 2.47. The Hall–Kier alpha value is -1.50. The number of alkyl halides is 1. The van der Waals surface area contributed by atoms with Crippen molar-refractivity contribution in [3.63, 3.8) is 0 Å². The second kappa shape index (κ2) is 10.2. The third kappa shape index (κ3) is 5.80. The molecule has 30 heavy (non-hydrogen) atoms. The molecule has 0 aromatic heterocycles. The molecule has 6 nitrogen and oxygen atoms in total. The van der Waals surface area contributed by atoms with E-state index >= 15 is 0 Å². The number of carbonyl (C=O) groups is 2. The molecule has 8 heteroatoms. The molecule has 0 saturated carbocycles. The quantitative estimate of drug-likeness (QED) is 0.641. The minimum atomic E-state index is -0.704. The molecule has 2 amide bonds. The lowest BCUT2D eigenvalue weighted by Crippen LogP contribution is -2.60. The van der Waals surface area contributed by atoms with Crippen LogP contribution in [0.2, 0.25) is 5.02 Å². The van der Waals surface area contributed by atoms with E-state index in [0.29, 0.717) is 43.4 Å². The van der Waals surface area contributed by atoms with Gasteiger partial charge in [0.05, 0.1) is 12.2 Å².